The second-order valence-corrected chi connectivity index (χ2v) is 6.77. The van der Waals surface area contributed by atoms with E-state index >= 15 is 0 Å². The van der Waals surface area contributed by atoms with Gasteiger partial charge in [0.2, 0.25) is 0 Å². The SMILES string of the molecule is C=CCOc1ccc(C(=O)Nc2ccccc2C(=O)N(C)Cc2ccccc2)cc1. The van der Waals surface area contributed by atoms with Crippen molar-refractivity contribution in [3.63, 3.8) is 0 Å². The van der Waals surface area contributed by atoms with Crippen LogP contribution in [0.1, 0.15) is 26.3 Å². The predicted octanol–water partition coefficient (Wildman–Crippen LogP) is 4.78. The predicted molar refractivity (Wildman–Crippen MR) is 119 cm³/mol. The summed E-state index contributed by atoms with van der Waals surface area (Å²) in [5.74, 6) is 0.198. The van der Waals surface area contributed by atoms with Gasteiger partial charge in [-0.2, -0.15) is 0 Å². The van der Waals surface area contributed by atoms with E-state index in [9.17, 15) is 9.59 Å². The van der Waals surface area contributed by atoms with E-state index in [2.05, 4.69) is 11.9 Å². The van der Waals surface area contributed by atoms with Crippen molar-refractivity contribution in [3.8, 4) is 5.75 Å². The number of nitrogens with zero attached hydrogens (tertiary/aromatic N) is 1. The lowest BCUT2D eigenvalue weighted by Gasteiger charge is -2.19. The molecule has 0 aromatic heterocycles. The molecule has 0 spiro atoms. The van der Waals surface area contributed by atoms with E-state index in [0.29, 0.717) is 35.7 Å². The average Bonchev–Trinajstić information content (AvgIpc) is 2.78. The molecule has 3 aromatic rings. The highest BCUT2D eigenvalue weighted by molar-refractivity contribution is 6.09. The van der Waals surface area contributed by atoms with Gasteiger partial charge in [0.05, 0.1) is 11.3 Å². The molecule has 1 N–H and O–H groups in total. The summed E-state index contributed by atoms with van der Waals surface area (Å²) in [5, 5.41) is 2.85. The molecule has 0 saturated carbocycles. The second kappa shape index (κ2) is 10.1. The van der Waals surface area contributed by atoms with Gasteiger partial charge in [-0.05, 0) is 42.0 Å². The Morgan fingerprint density at radius 1 is 0.967 bits per heavy atom. The average molecular weight is 400 g/mol. The molecule has 0 bridgehead atoms. The summed E-state index contributed by atoms with van der Waals surface area (Å²) in [4.78, 5) is 27.3. The molecule has 152 valence electrons. The minimum absolute atomic E-state index is 0.164. The van der Waals surface area contributed by atoms with E-state index in [-0.39, 0.29) is 11.8 Å². The number of carbonyl (C=O) groups is 2. The molecule has 3 rings (SSSR count). The van der Waals surface area contributed by atoms with Crippen LogP contribution in [0, 0.1) is 0 Å². The summed E-state index contributed by atoms with van der Waals surface area (Å²) in [7, 11) is 1.75. The Bertz CT molecular complexity index is 1010. The number of para-hydroxylation sites is 1. The maximum absolute atomic E-state index is 13.0. The molecular weight excluding hydrogens is 376 g/mol. The Balaban J connectivity index is 1.72. The molecule has 0 saturated heterocycles. The topological polar surface area (TPSA) is 58.6 Å². The van der Waals surface area contributed by atoms with Crippen LogP contribution in [0.15, 0.2) is 91.5 Å². The fraction of sp³-hybridized carbons (Fsp3) is 0.120. The third kappa shape index (κ3) is 5.35. The first-order valence-corrected chi connectivity index (χ1v) is 9.62. The Hall–Kier alpha value is -3.86. The number of carbonyl (C=O) groups excluding carboxylic acids is 2. The third-order valence-electron chi connectivity index (χ3n) is 4.50. The molecule has 30 heavy (non-hydrogen) atoms. The van der Waals surface area contributed by atoms with Crippen molar-refractivity contribution in [2.24, 2.45) is 0 Å². The van der Waals surface area contributed by atoms with Crippen molar-refractivity contribution in [2.45, 2.75) is 6.54 Å². The van der Waals surface area contributed by atoms with Crippen molar-refractivity contribution >= 4 is 17.5 Å². The van der Waals surface area contributed by atoms with E-state index in [1.807, 2.05) is 30.3 Å². The Labute approximate surface area is 176 Å². The molecule has 0 aliphatic rings. The van der Waals surface area contributed by atoms with Gasteiger partial charge in [0.1, 0.15) is 12.4 Å². The Kier molecular flexibility index (Phi) is 7.00. The minimum Gasteiger partial charge on any atom is -0.490 e. The van der Waals surface area contributed by atoms with Crippen molar-refractivity contribution < 1.29 is 14.3 Å². The molecule has 5 heteroatoms. The van der Waals surface area contributed by atoms with Gasteiger partial charge in [-0.3, -0.25) is 9.59 Å². The molecule has 0 aliphatic carbocycles. The number of hydrogen-bond acceptors (Lipinski definition) is 3. The zero-order valence-corrected chi connectivity index (χ0v) is 16.9. The Morgan fingerprint density at radius 3 is 2.33 bits per heavy atom. The number of benzene rings is 3. The quantitative estimate of drug-likeness (QED) is 0.554. The van der Waals surface area contributed by atoms with Crippen LogP contribution in [-0.4, -0.2) is 30.4 Å². The molecule has 2 amide bonds. The van der Waals surface area contributed by atoms with Gasteiger partial charge >= 0.3 is 0 Å². The highest BCUT2D eigenvalue weighted by Crippen LogP contribution is 2.20. The molecule has 0 heterocycles. The monoisotopic (exact) mass is 400 g/mol. The van der Waals surface area contributed by atoms with Gasteiger partial charge in [0.25, 0.3) is 11.8 Å². The van der Waals surface area contributed by atoms with Crippen LogP contribution in [-0.2, 0) is 6.54 Å². The maximum Gasteiger partial charge on any atom is 0.256 e. The molecule has 0 fully saturated rings. The van der Waals surface area contributed by atoms with E-state index in [0.717, 1.165) is 5.56 Å². The van der Waals surface area contributed by atoms with Crippen molar-refractivity contribution in [1.29, 1.82) is 0 Å². The third-order valence-corrected chi connectivity index (χ3v) is 4.50. The summed E-state index contributed by atoms with van der Waals surface area (Å²) in [6.45, 7) is 4.49. The van der Waals surface area contributed by atoms with Gasteiger partial charge in [-0.1, -0.05) is 55.1 Å². The van der Waals surface area contributed by atoms with Gasteiger partial charge in [0, 0.05) is 19.2 Å². The summed E-state index contributed by atoms with van der Waals surface area (Å²) in [5.41, 5.74) is 2.42. The summed E-state index contributed by atoms with van der Waals surface area (Å²) >= 11 is 0. The van der Waals surface area contributed by atoms with Crippen LogP contribution in [0.3, 0.4) is 0 Å². The van der Waals surface area contributed by atoms with Gasteiger partial charge in [-0.15, -0.1) is 0 Å². The zero-order chi connectivity index (χ0) is 21.3. The van der Waals surface area contributed by atoms with Crippen molar-refractivity contribution in [1.82, 2.24) is 4.90 Å². The number of rotatable bonds is 8. The summed E-state index contributed by atoms with van der Waals surface area (Å²) in [6, 6.07) is 23.6. The maximum atomic E-state index is 13.0. The lowest BCUT2D eigenvalue weighted by molar-refractivity contribution is 0.0786. The molecule has 3 aromatic carbocycles. The van der Waals surface area contributed by atoms with E-state index in [1.54, 1.807) is 66.6 Å². The number of anilines is 1. The first kappa shape index (κ1) is 20.9. The summed E-state index contributed by atoms with van der Waals surface area (Å²) < 4.78 is 5.43. The standard InChI is InChI=1S/C25H24N2O3/c1-3-17-30-21-15-13-20(14-16-21)24(28)26-23-12-8-7-11-22(23)25(29)27(2)18-19-9-5-4-6-10-19/h3-16H,1,17-18H2,2H3,(H,26,28). The fourth-order valence-electron chi connectivity index (χ4n) is 2.97. The Morgan fingerprint density at radius 2 is 1.63 bits per heavy atom. The van der Waals surface area contributed by atoms with Crippen LogP contribution in [0.4, 0.5) is 5.69 Å². The first-order chi connectivity index (χ1) is 14.6. The first-order valence-electron chi connectivity index (χ1n) is 9.62. The van der Waals surface area contributed by atoms with Gasteiger partial charge in [-0.25, -0.2) is 0 Å². The molecule has 0 unspecified atom stereocenters. The highest BCUT2D eigenvalue weighted by atomic mass is 16.5. The minimum atomic E-state index is -0.295. The van der Waals surface area contributed by atoms with Crippen LogP contribution in [0.25, 0.3) is 0 Å². The summed E-state index contributed by atoms with van der Waals surface area (Å²) in [6.07, 6.45) is 1.66. The highest BCUT2D eigenvalue weighted by Gasteiger charge is 2.17. The number of hydrogen-bond donors (Lipinski definition) is 1. The lowest BCUT2D eigenvalue weighted by Crippen LogP contribution is -2.27. The molecule has 0 aliphatic heterocycles. The van der Waals surface area contributed by atoms with Crippen molar-refractivity contribution in [2.75, 3.05) is 19.0 Å². The van der Waals surface area contributed by atoms with E-state index in [1.165, 1.54) is 0 Å². The molecule has 5 nitrogen and oxygen atoms in total. The number of ether oxygens (including phenoxy) is 1. The second-order valence-electron chi connectivity index (χ2n) is 6.77. The van der Waals surface area contributed by atoms with Crippen molar-refractivity contribution in [3.05, 3.63) is 108 Å². The fourth-order valence-corrected chi connectivity index (χ4v) is 2.97. The van der Waals surface area contributed by atoms with Crippen LogP contribution < -0.4 is 10.1 Å². The molecule has 0 radical (unpaired) electrons. The van der Waals surface area contributed by atoms with Crippen LogP contribution in [0.2, 0.25) is 0 Å². The normalized spacial score (nSPS) is 10.2. The number of amides is 2. The van der Waals surface area contributed by atoms with Gasteiger partial charge < -0.3 is 15.0 Å². The number of nitrogens with one attached hydrogen (secondary N) is 1. The van der Waals surface area contributed by atoms with Crippen LogP contribution in [0.5, 0.6) is 5.75 Å². The largest absolute Gasteiger partial charge is 0.490 e. The smallest absolute Gasteiger partial charge is 0.256 e. The molecule has 0 atom stereocenters. The zero-order valence-electron chi connectivity index (χ0n) is 16.9. The van der Waals surface area contributed by atoms with Gasteiger partial charge in [0.15, 0.2) is 0 Å². The lowest BCUT2D eigenvalue weighted by atomic mass is 10.1. The van der Waals surface area contributed by atoms with E-state index < -0.39 is 0 Å². The van der Waals surface area contributed by atoms with Crippen LogP contribution >= 0.6 is 0 Å². The molecular formula is C25H24N2O3. The van der Waals surface area contributed by atoms with E-state index in [4.69, 9.17) is 4.74 Å².